The van der Waals surface area contributed by atoms with Crippen molar-refractivity contribution in [3.8, 4) is 5.75 Å². The quantitative estimate of drug-likeness (QED) is 0.851. The Bertz CT molecular complexity index is 411. The van der Waals surface area contributed by atoms with Crippen LogP contribution in [0.2, 0.25) is 0 Å². The summed E-state index contributed by atoms with van der Waals surface area (Å²) < 4.78 is 11.5. The van der Waals surface area contributed by atoms with Crippen LogP contribution in [0.4, 0.5) is 5.69 Å². The van der Waals surface area contributed by atoms with Crippen molar-refractivity contribution in [1.29, 1.82) is 0 Å². The van der Waals surface area contributed by atoms with E-state index in [-0.39, 0.29) is 5.60 Å². The number of hydrogen-bond donors (Lipinski definition) is 1. The summed E-state index contributed by atoms with van der Waals surface area (Å²) in [7, 11) is 0. The van der Waals surface area contributed by atoms with Gasteiger partial charge >= 0.3 is 0 Å². The minimum Gasteiger partial charge on any atom is -0.487 e. The van der Waals surface area contributed by atoms with E-state index in [4.69, 9.17) is 9.47 Å². The first-order valence-corrected chi connectivity index (χ1v) is 6.39. The van der Waals surface area contributed by atoms with Crippen LogP contribution < -0.4 is 10.1 Å². The molecule has 3 heteroatoms. The monoisotopic (exact) mass is 233 g/mol. The molecule has 1 aromatic rings. The summed E-state index contributed by atoms with van der Waals surface area (Å²) in [5.74, 6) is 0.975. The Morgan fingerprint density at radius 1 is 1.29 bits per heavy atom. The number of benzene rings is 1. The summed E-state index contributed by atoms with van der Waals surface area (Å²) >= 11 is 0. The van der Waals surface area contributed by atoms with Gasteiger partial charge in [-0.3, -0.25) is 0 Å². The van der Waals surface area contributed by atoms with Gasteiger partial charge in [0.05, 0.1) is 13.2 Å². The maximum absolute atomic E-state index is 6.15. The van der Waals surface area contributed by atoms with Gasteiger partial charge in [-0.25, -0.2) is 0 Å². The SMILES string of the molecule is CC1(Oc2ccc3c(c2)NCC3)CCOCC1. The number of rotatable bonds is 2. The first-order valence-electron chi connectivity index (χ1n) is 6.39. The Kier molecular flexibility index (Phi) is 2.71. The van der Waals surface area contributed by atoms with Crippen LogP contribution in [-0.4, -0.2) is 25.4 Å². The van der Waals surface area contributed by atoms with Crippen LogP contribution in [0.5, 0.6) is 5.75 Å². The van der Waals surface area contributed by atoms with Gasteiger partial charge in [0.15, 0.2) is 0 Å². The number of nitrogens with one attached hydrogen (secondary N) is 1. The minimum atomic E-state index is -0.0644. The molecule has 2 aliphatic rings. The Hall–Kier alpha value is -1.22. The summed E-state index contributed by atoms with van der Waals surface area (Å²) in [5.41, 5.74) is 2.57. The van der Waals surface area contributed by atoms with E-state index in [0.717, 1.165) is 44.8 Å². The minimum absolute atomic E-state index is 0.0644. The van der Waals surface area contributed by atoms with Gasteiger partial charge in [0.1, 0.15) is 11.4 Å². The normalized spacial score (nSPS) is 21.7. The summed E-state index contributed by atoms with van der Waals surface area (Å²) in [4.78, 5) is 0. The number of anilines is 1. The summed E-state index contributed by atoms with van der Waals surface area (Å²) in [6.45, 7) is 4.83. The van der Waals surface area contributed by atoms with Gasteiger partial charge in [0.25, 0.3) is 0 Å². The molecule has 2 heterocycles. The number of ether oxygens (including phenoxy) is 2. The van der Waals surface area contributed by atoms with Crippen LogP contribution in [0.15, 0.2) is 18.2 Å². The lowest BCUT2D eigenvalue weighted by Gasteiger charge is -2.34. The van der Waals surface area contributed by atoms with Gasteiger partial charge in [0.2, 0.25) is 0 Å². The molecule has 0 amide bonds. The highest BCUT2D eigenvalue weighted by Gasteiger charge is 2.29. The van der Waals surface area contributed by atoms with Crippen molar-refractivity contribution in [3.63, 3.8) is 0 Å². The smallest absolute Gasteiger partial charge is 0.122 e. The first-order chi connectivity index (χ1) is 8.25. The molecular formula is C14H19NO2. The molecule has 0 aromatic heterocycles. The lowest BCUT2D eigenvalue weighted by atomic mass is 9.96. The second-order valence-corrected chi connectivity index (χ2v) is 5.16. The molecule has 0 aliphatic carbocycles. The highest BCUT2D eigenvalue weighted by molar-refractivity contribution is 5.58. The zero-order chi connectivity index (χ0) is 11.7. The second-order valence-electron chi connectivity index (χ2n) is 5.16. The van der Waals surface area contributed by atoms with Gasteiger partial charge in [-0.05, 0) is 25.0 Å². The highest BCUT2D eigenvalue weighted by atomic mass is 16.5. The third-order valence-electron chi connectivity index (χ3n) is 3.71. The van der Waals surface area contributed by atoms with E-state index < -0.39 is 0 Å². The topological polar surface area (TPSA) is 30.5 Å². The molecule has 92 valence electrons. The molecule has 3 nitrogen and oxygen atoms in total. The van der Waals surface area contributed by atoms with Crippen LogP contribution in [-0.2, 0) is 11.2 Å². The third kappa shape index (κ3) is 2.25. The lowest BCUT2D eigenvalue weighted by molar-refractivity contribution is -0.0342. The molecule has 0 saturated carbocycles. The van der Waals surface area contributed by atoms with Gasteiger partial charge in [-0.15, -0.1) is 0 Å². The standard InChI is InChI=1S/C14H19NO2/c1-14(5-8-16-9-6-14)17-12-3-2-11-4-7-15-13(11)10-12/h2-3,10,15H,4-9H2,1H3. The molecule has 0 radical (unpaired) electrons. The summed E-state index contributed by atoms with van der Waals surface area (Å²) in [5, 5.41) is 3.39. The Labute approximate surface area is 102 Å². The lowest BCUT2D eigenvalue weighted by Crippen LogP contribution is -2.38. The predicted octanol–water partition coefficient (Wildman–Crippen LogP) is 2.60. The largest absolute Gasteiger partial charge is 0.487 e. The van der Waals surface area contributed by atoms with Crippen molar-refractivity contribution < 1.29 is 9.47 Å². The fourth-order valence-corrected chi connectivity index (χ4v) is 2.52. The van der Waals surface area contributed by atoms with Gasteiger partial charge in [-0.2, -0.15) is 0 Å². The van der Waals surface area contributed by atoms with E-state index in [0.29, 0.717) is 0 Å². The van der Waals surface area contributed by atoms with E-state index in [1.165, 1.54) is 11.3 Å². The van der Waals surface area contributed by atoms with Crippen LogP contribution in [0.1, 0.15) is 25.3 Å². The fourth-order valence-electron chi connectivity index (χ4n) is 2.52. The molecule has 0 atom stereocenters. The zero-order valence-electron chi connectivity index (χ0n) is 10.3. The average molecular weight is 233 g/mol. The number of fused-ring (bicyclic) bond motifs is 1. The van der Waals surface area contributed by atoms with Crippen molar-refractivity contribution in [3.05, 3.63) is 23.8 Å². The Morgan fingerprint density at radius 2 is 2.12 bits per heavy atom. The number of hydrogen-bond acceptors (Lipinski definition) is 3. The van der Waals surface area contributed by atoms with Crippen molar-refractivity contribution in [2.45, 2.75) is 31.8 Å². The molecule has 1 aromatic carbocycles. The van der Waals surface area contributed by atoms with E-state index in [1.54, 1.807) is 0 Å². The van der Waals surface area contributed by atoms with Crippen LogP contribution in [0.25, 0.3) is 0 Å². The summed E-state index contributed by atoms with van der Waals surface area (Å²) in [6.07, 6.45) is 3.07. The molecule has 1 saturated heterocycles. The molecule has 3 rings (SSSR count). The molecular weight excluding hydrogens is 214 g/mol. The molecule has 1 N–H and O–H groups in total. The molecule has 0 spiro atoms. The van der Waals surface area contributed by atoms with Crippen LogP contribution in [0.3, 0.4) is 0 Å². The molecule has 1 fully saturated rings. The van der Waals surface area contributed by atoms with Crippen LogP contribution >= 0.6 is 0 Å². The molecule has 2 aliphatic heterocycles. The Balaban J connectivity index is 1.76. The van der Waals surface area contributed by atoms with Crippen molar-refractivity contribution in [2.24, 2.45) is 0 Å². The van der Waals surface area contributed by atoms with E-state index in [9.17, 15) is 0 Å². The summed E-state index contributed by atoms with van der Waals surface area (Å²) in [6, 6.07) is 6.39. The zero-order valence-corrected chi connectivity index (χ0v) is 10.3. The van der Waals surface area contributed by atoms with Crippen molar-refractivity contribution in [2.75, 3.05) is 25.1 Å². The second kappa shape index (κ2) is 4.22. The van der Waals surface area contributed by atoms with Gasteiger partial charge < -0.3 is 14.8 Å². The highest BCUT2D eigenvalue weighted by Crippen LogP contribution is 2.32. The predicted molar refractivity (Wildman–Crippen MR) is 67.7 cm³/mol. The van der Waals surface area contributed by atoms with E-state index >= 15 is 0 Å². The Morgan fingerprint density at radius 3 is 2.94 bits per heavy atom. The van der Waals surface area contributed by atoms with E-state index in [1.807, 2.05) is 0 Å². The van der Waals surface area contributed by atoms with Gasteiger partial charge in [-0.1, -0.05) is 6.07 Å². The molecule has 17 heavy (non-hydrogen) atoms. The average Bonchev–Trinajstić information content (AvgIpc) is 2.76. The van der Waals surface area contributed by atoms with Crippen molar-refractivity contribution in [1.82, 2.24) is 0 Å². The van der Waals surface area contributed by atoms with Gasteiger partial charge in [0, 0.05) is 31.1 Å². The molecule has 0 bridgehead atoms. The third-order valence-corrected chi connectivity index (χ3v) is 3.71. The fraction of sp³-hybridized carbons (Fsp3) is 0.571. The maximum Gasteiger partial charge on any atom is 0.122 e. The molecule has 0 unspecified atom stereocenters. The van der Waals surface area contributed by atoms with Crippen molar-refractivity contribution >= 4 is 5.69 Å². The van der Waals surface area contributed by atoms with Crippen LogP contribution in [0, 0.1) is 0 Å². The first kappa shape index (κ1) is 10.9. The maximum atomic E-state index is 6.15. The van der Waals surface area contributed by atoms with E-state index in [2.05, 4.69) is 30.4 Å².